The van der Waals surface area contributed by atoms with Gasteiger partial charge in [0.05, 0.1) is 6.04 Å². The SMILES string of the molecule is Cc1cc(NC(=S)NC(CC(C)C)c2ccccc2)ccc1N1CCCC1=O. The van der Waals surface area contributed by atoms with Crippen molar-refractivity contribution in [3.05, 3.63) is 59.7 Å². The molecule has 148 valence electrons. The molecule has 1 saturated heterocycles. The molecule has 1 aliphatic heterocycles. The average molecular weight is 396 g/mol. The van der Waals surface area contributed by atoms with Crippen molar-refractivity contribution < 1.29 is 4.79 Å². The van der Waals surface area contributed by atoms with Gasteiger partial charge in [0.15, 0.2) is 5.11 Å². The van der Waals surface area contributed by atoms with E-state index in [-0.39, 0.29) is 11.9 Å². The average Bonchev–Trinajstić information content (AvgIpc) is 3.07. The lowest BCUT2D eigenvalue weighted by Gasteiger charge is -2.24. The van der Waals surface area contributed by atoms with Gasteiger partial charge in [-0.3, -0.25) is 4.79 Å². The summed E-state index contributed by atoms with van der Waals surface area (Å²) in [5, 5.41) is 7.38. The number of aryl methyl sites for hydroxylation is 1. The molecule has 1 atom stereocenters. The second kappa shape index (κ2) is 9.20. The molecule has 0 saturated carbocycles. The zero-order valence-electron chi connectivity index (χ0n) is 16.9. The standard InChI is InChI=1S/C23H29N3OS/c1-16(2)14-20(18-8-5-4-6-9-18)25-23(28)24-19-11-12-21(17(3)15-19)26-13-7-10-22(26)27/h4-6,8-9,11-12,15-16,20H,7,10,13-14H2,1-3H3,(H2,24,25,28). The molecule has 1 aliphatic rings. The summed E-state index contributed by atoms with van der Waals surface area (Å²) in [6.07, 6.45) is 2.58. The number of anilines is 2. The minimum atomic E-state index is 0.170. The molecule has 2 N–H and O–H groups in total. The van der Waals surface area contributed by atoms with E-state index >= 15 is 0 Å². The van der Waals surface area contributed by atoms with Crippen LogP contribution in [0.4, 0.5) is 11.4 Å². The maximum absolute atomic E-state index is 12.0. The van der Waals surface area contributed by atoms with E-state index < -0.39 is 0 Å². The zero-order chi connectivity index (χ0) is 20.1. The van der Waals surface area contributed by atoms with Gasteiger partial charge in [-0.15, -0.1) is 0 Å². The van der Waals surface area contributed by atoms with E-state index in [2.05, 4.69) is 54.8 Å². The Bertz CT molecular complexity index is 835. The van der Waals surface area contributed by atoms with Crippen LogP contribution in [0.25, 0.3) is 0 Å². The third-order valence-electron chi connectivity index (χ3n) is 5.03. The molecular formula is C23H29N3OS. The Morgan fingerprint density at radius 1 is 1.18 bits per heavy atom. The molecular weight excluding hydrogens is 366 g/mol. The minimum Gasteiger partial charge on any atom is -0.356 e. The molecule has 0 radical (unpaired) electrons. The highest BCUT2D eigenvalue weighted by atomic mass is 32.1. The Hall–Kier alpha value is -2.40. The van der Waals surface area contributed by atoms with Gasteiger partial charge in [-0.25, -0.2) is 0 Å². The van der Waals surface area contributed by atoms with Crippen molar-refractivity contribution in [1.29, 1.82) is 0 Å². The fraction of sp³-hybridized carbons (Fsp3) is 0.391. The highest BCUT2D eigenvalue weighted by Crippen LogP contribution is 2.28. The smallest absolute Gasteiger partial charge is 0.227 e. The molecule has 4 nitrogen and oxygen atoms in total. The molecule has 1 heterocycles. The van der Waals surface area contributed by atoms with Crippen molar-refractivity contribution in [3.63, 3.8) is 0 Å². The molecule has 0 spiro atoms. The summed E-state index contributed by atoms with van der Waals surface area (Å²) in [5.74, 6) is 0.764. The van der Waals surface area contributed by atoms with Crippen molar-refractivity contribution in [2.45, 2.75) is 46.1 Å². The Morgan fingerprint density at radius 3 is 2.54 bits per heavy atom. The third kappa shape index (κ3) is 5.10. The van der Waals surface area contributed by atoms with Gasteiger partial charge in [0.25, 0.3) is 0 Å². The fourth-order valence-corrected chi connectivity index (χ4v) is 3.96. The monoisotopic (exact) mass is 395 g/mol. The maximum Gasteiger partial charge on any atom is 0.227 e. The maximum atomic E-state index is 12.0. The number of carbonyl (C=O) groups excluding carboxylic acids is 1. The number of nitrogens with zero attached hydrogens (tertiary/aromatic N) is 1. The van der Waals surface area contributed by atoms with Crippen LogP contribution in [0.5, 0.6) is 0 Å². The Balaban J connectivity index is 1.68. The van der Waals surface area contributed by atoms with E-state index in [1.165, 1.54) is 5.56 Å². The summed E-state index contributed by atoms with van der Waals surface area (Å²) < 4.78 is 0. The van der Waals surface area contributed by atoms with Crippen molar-refractivity contribution in [2.75, 3.05) is 16.8 Å². The molecule has 1 unspecified atom stereocenters. The first-order chi connectivity index (χ1) is 13.4. The first kappa shape index (κ1) is 20.3. The molecule has 28 heavy (non-hydrogen) atoms. The van der Waals surface area contributed by atoms with Crippen LogP contribution in [0.2, 0.25) is 0 Å². The van der Waals surface area contributed by atoms with Crippen LogP contribution in [0.15, 0.2) is 48.5 Å². The quantitative estimate of drug-likeness (QED) is 0.660. The normalized spacial score (nSPS) is 15.0. The van der Waals surface area contributed by atoms with E-state index in [1.54, 1.807) is 0 Å². The lowest BCUT2D eigenvalue weighted by atomic mass is 9.97. The van der Waals surface area contributed by atoms with Gasteiger partial charge in [0.2, 0.25) is 5.91 Å². The van der Waals surface area contributed by atoms with Crippen LogP contribution in [-0.2, 0) is 4.79 Å². The van der Waals surface area contributed by atoms with Gasteiger partial charge < -0.3 is 15.5 Å². The number of nitrogens with one attached hydrogen (secondary N) is 2. The lowest BCUT2D eigenvalue weighted by molar-refractivity contribution is -0.117. The summed E-state index contributed by atoms with van der Waals surface area (Å²) in [7, 11) is 0. The van der Waals surface area contributed by atoms with Crippen LogP contribution >= 0.6 is 12.2 Å². The summed E-state index contributed by atoms with van der Waals surface area (Å²) in [6.45, 7) is 7.28. The molecule has 2 aromatic carbocycles. The van der Waals surface area contributed by atoms with Gasteiger partial charge in [0.1, 0.15) is 0 Å². The molecule has 5 heteroatoms. The van der Waals surface area contributed by atoms with Crippen LogP contribution in [0.3, 0.4) is 0 Å². The highest BCUT2D eigenvalue weighted by molar-refractivity contribution is 7.80. The number of hydrogen-bond donors (Lipinski definition) is 2. The third-order valence-corrected chi connectivity index (χ3v) is 5.25. The van der Waals surface area contributed by atoms with Crippen molar-refractivity contribution in [3.8, 4) is 0 Å². The van der Waals surface area contributed by atoms with Gasteiger partial charge in [-0.1, -0.05) is 44.2 Å². The van der Waals surface area contributed by atoms with E-state index in [4.69, 9.17) is 12.2 Å². The van der Waals surface area contributed by atoms with E-state index in [1.807, 2.05) is 30.0 Å². The largest absolute Gasteiger partial charge is 0.356 e. The van der Waals surface area contributed by atoms with Crippen molar-refractivity contribution >= 4 is 34.6 Å². The highest BCUT2D eigenvalue weighted by Gasteiger charge is 2.23. The van der Waals surface area contributed by atoms with Gasteiger partial charge in [0, 0.05) is 24.3 Å². The predicted molar refractivity (Wildman–Crippen MR) is 121 cm³/mol. The van der Waals surface area contributed by atoms with Crippen LogP contribution < -0.4 is 15.5 Å². The molecule has 1 amide bonds. The number of amides is 1. The summed E-state index contributed by atoms with van der Waals surface area (Å²) >= 11 is 5.58. The molecule has 3 rings (SSSR count). The van der Waals surface area contributed by atoms with Gasteiger partial charge >= 0.3 is 0 Å². The van der Waals surface area contributed by atoms with Gasteiger partial charge in [-0.05, 0) is 67.2 Å². The zero-order valence-corrected chi connectivity index (χ0v) is 17.7. The summed E-state index contributed by atoms with van der Waals surface area (Å²) in [5.41, 5.74) is 4.24. The Morgan fingerprint density at radius 2 is 1.93 bits per heavy atom. The van der Waals surface area contributed by atoms with Crippen molar-refractivity contribution in [2.24, 2.45) is 5.92 Å². The van der Waals surface area contributed by atoms with Crippen LogP contribution in [-0.4, -0.2) is 17.6 Å². The molecule has 0 bridgehead atoms. The number of rotatable bonds is 6. The Labute approximate surface area is 173 Å². The van der Waals surface area contributed by atoms with Crippen molar-refractivity contribution in [1.82, 2.24) is 5.32 Å². The predicted octanol–water partition coefficient (Wildman–Crippen LogP) is 5.20. The van der Waals surface area contributed by atoms with E-state index in [0.29, 0.717) is 17.5 Å². The Kier molecular flexibility index (Phi) is 6.68. The second-order valence-electron chi connectivity index (χ2n) is 7.84. The lowest BCUT2D eigenvalue weighted by Crippen LogP contribution is -2.33. The van der Waals surface area contributed by atoms with Gasteiger partial charge in [-0.2, -0.15) is 0 Å². The van der Waals surface area contributed by atoms with E-state index in [9.17, 15) is 4.79 Å². The first-order valence-electron chi connectivity index (χ1n) is 9.97. The molecule has 1 fully saturated rings. The van der Waals surface area contributed by atoms with E-state index in [0.717, 1.165) is 36.3 Å². The molecule has 0 aliphatic carbocycles. The molecule has 0 aromatic heterocycles. The number of benzene rings is 2. The number of hydrogen-bond acceptors (Lipinski definition) is 2. The minimum absolute atomic E-state index is 0.170. The number of carbonyl (C=O) groups is 1. The summed E-state index contributed by atoms with van der Waals surface area (Å²) in [4.78, 5) is 13.9. The topological polar surface area (TPSA) is 44.4 Å². The molecule has 2 aromatic rings. The number of thiocarbonyl (C=S) groups is 1. The second-order valence-corrected chi connectivity index (χ2v) is 8.25. The first-order valence-corrected chi connectivity index (χ1v) is 10.4. The summed E-state index contributed by atoms with van der Waals surface area (Å²) in [6, 6.07) is 16.6. The van der Waals surface area contributed by atoms with Crippen LogP contribution in [0, 0.1) is 12.8 Å². The fourth-order valence-electron chi connectivity index (χ4n) is 3.70. The van der Waals surface area contributed by atoms with Crippen LogP contribution in [0.1, 0.15) is 50.3 Å².